The number of carbonyl (C=O) groups is 1. The first-order valence-corrected chi connectivity index (χ1v) is 4.22. The first-order chi connectivity index (χ1) is 5.00. The van der Waals surface area contributed by atoms with E-state index in [0.717, 1.165) is 25.7 Å². The van der Waals surface area contributed by atoms with E-state index in [1.165, 1.54) is 0 Å². The third-order valence-corrected chi connectivity index (χ3v) is 1.96. The van der Waals surface area contributed by atoms with Gasteiger partial charge in [0.05, 0.1) is 5.41 Å². The largest absolute Gasteiger partial charge is 0.361 e. The van der Waals surface area contributed by atoms with E-state index in [1.54, 1.807) is 13.8 Å². The van der Waals surface area contributed by atoms with Crippen LogP contribution in [0.1, 0.15) is 46.5 Å². The van der Waals surface area contributed by atoms with E-state index in [-0.39, 0.29) is 0 Å². The second-order valence-corrected chi connectivity index (χ2v) is 3.63. The van der Waals surface area contributed by atoms with Gasteiger partial charge in [0.15, 0.2) is 0 Å². The standard InChI is InChI=1S/C9H17O2/c1-4-5-6-7-9(2,3)8(10)11/h4-7H2,1-3H3. The van der Waals surface area contributed by atoms with Gasteiger partial charge >= 0.3 is 5.97 Å². The molecule has 0 spiro atoms. The lowest BCUT2D eigenvalue weighted by Gasteiger charge is -2.16. The van der Waals surface area contributed by atoms with Crippen LogP contribution >= 0.6 is 0 Å². The third-order valence-electron chi connectivity index (χ3n) is 1.96. The van der Waals surface area contributed by atoms with Crippen molar-refractivity contribution in [2.45, 2.75) is 46.5 Å². The Bertz CT molecular complexity index is 128. The van der Waals surface area contributed by atoms with Crippen LogP contribution in [0.15, 0.2) is 0 Å². The fourth-order valence-corrected chi connectivity index (χ4v) is 0.919. The predicted molar refractivity (Wildman–Crippen MR) is 43.6 cm³/mol. The highest BCUT2D eigenvalue weighted by atomic mass is 16.4. The summed E-state index contributed by atoms with van der Waals surface area (Å²) in [7, 11) is 0. The zero-order chi connectivity index (χ0) is 8.91. The SMILES string of the molecule is CCCCCC(C)(C)C([O])=O. The van der Waals surface area contributed by atoms with Crippen molar-refractivity contribution in [3.05, 3.63) is 0 Å². The molecular formula is C9H17O2. The van der Waals surface area contributed by atoms with Crippen molar-refractivity contribution in [3.63, 3.8) is 0 Å². The van der Waals surface area contributed by atoms with Crippen molar-refractivity contribution >= 4 is 5.97 Å². The first kappa shape index (κ1) is 10.5. The van der Waals surface area contributed by atoms with Crippen molar-refractivity contribution in [2.75, 3.05) is 0 Å². The van der Waals surface area contributed by atoms with Gasteiger partial charge in [0.1, 0.15) is 0 Å². The Balaban J connectivity index is 3.64. The van der Waals surface area contributed by atoms with Crippen LogP contribution in [-0.2, 0) is 9.90 Å². The quantitative estimate of drug-likeness (QED) is 0.565. The zero-order valence-corrected chi connectivity index (χ0v) is 7.64. The van der Waals surface area contributed by atoms with Crippen molar-refractivity contribution in [3.8, 4) is 0 Å². The first-order valence-electron chi connectivity index (χ1n) is 4.22. The molecule has 0 saturated carbocycles. The van der Waals surface area contributed by atoms with E-state index in [0.29, 0.717) is 0 Å². The number of unbranched alkanes of at least 4 members (excludes halogenated alkanes) is 2. The van der Waals surface area contributed by atoms with Crippen LogP contribution in [0.2, 0.25) is 0 Å². The second-order valence-electron chi connectivity index (χ2n) is 3.63. The van der Waals surface area contributed by atoms with Gasteiger partial charge in [-0.1, -0.05) is 26.2 Å². The molecule has 0 N–H and O–H groups in total. The molecule has 65 valence electrons. The van der Waals surface area contributed by atoms with Gasteiger partial charge in [-0.3, -0.25) is 0 Å². The molecule has 0 bridgehead atoms. The monoisotopic (exact) mass is 157 g/mol. The average molecular weight is 157 g/mol. The fraction of sp³-hybridized carbons (Fsp3) is 0.889. The second kappa shape index (κ2) is 4.37. The maximum atomic E-state index is 10.5. The van der Waals surface area contributed by atoms with E-state index in [2.05, 4.69) is 6.92 Å². The number of carbonyl (C=O) groups excluding carboxylic acids is 1. The molecule has 0 saturated heterocycles. The van der Waals surface area contributed by atoms with Crippen molar-refractivity contribution in [1.82, 2.24) is 0 Å². The molecule has 0 aromatic carbocycles. The van der Waals surface area contributed by atoms with Crippen LogP contribution < -0.4 is 0 Å². The van der Waals surface area contributed by atoms with Gasteiger partial charge in [0, 0.05) is 0 Å². The van der Waals surface area contributed by atoms with Crippen molar-refractivity contribution < 1.29 is 9.90 Å². The van der Waals surface area contributed by atoms with E-state index in [9.17, 15) is 9.90 Å². The highest BCUT2D eigenvalue weighted by molar-refractivity contribution is 5.73. The van der Waals surface area contributed by atoms with Gasteiger partial charge in [-0.05, 0) is 20.3 Å². The van der Waals surface area contributed by atoms with Crippen LogP contribution in [0, 0.1) is 5.41 Å². The molecule has 0 aliphatic rings. The Morgan fingerprint density at radius 2 is 1.82 bits per heavy atom. The smallest absolute Gasteiger partial charge is 0.247 e. The molecule has 0 unspecified atom stereocenters. The summed E-state index contributed by atoms with van der Waals surface area (Å²) in [5.74, 6) is -0.936. The molecule has 0 atom stereocenters. The molecular weight excluding hydrogens is 140 g/mol. The van der Waals surface area contributed by atoms with Gasteiger partial charge < -0.3 is 0 Å². The highest BCUT2D eigenvalue weighted by Gasteiger charge is 2.27. The Morgan fingerprint density at radius 3 is 2.18 bits per heavy atom. The molecule has 0 rings (SSSR count). The number of hydrogen-bond donors (Lipinski definition) is 0. The Kier molecular flexibility index (Phi) is 4.16. The molecule has 0 aliphatic carbocycles. The molecule has 0 aromatic heterocycles. The number of hydrogen-bond acceptors (Lipinski definition) is 1. The summed E-state index contributed by atoms with van der Waals surface area (Å²) in [6.45, 7) is 5.54. The normalized spacial score (nSPS) is 11.5. The average Bonchev–Trinajstić information content (AvgIpc) is 1.88. The van der Waals surface area contributed by atoms with Gasteiger partial charge in [0.25, 0.3) is 0 Å². The molecule has 2 nitrogen and oxygen atoms in total. The van der Waals surface area contributed by atoms with Crippen LogP contribution in [0.3, 0.4) is 0 Å². The van der Waals surface area contributed by atoms with Crippen molar-refractivity contribution in [2.24, 2.45) is 5.41 Å². The lowest BCUT2D eigenvalue weighted by molar-refractivity contribution is -0.153. The molecule has 0 heterocycles. The molecule has 1 radical (unpaired) electrons. The summed E-state index contributed by atoms with van der Waals surface area (Å²) in [5, 5.41) is 10.5. The summed E-state index contributed by atoms with van der Waals surface area (Å²) in [4.78, 5) is 10.5. The maximum Gasteiger partial charge on any atom is 0.361 e. The minimum atomic E-state index is -0.936. The summed E-state index contributed by atoms with van der Waals surface area (Å²) in [6.07, 6.45) is 3.94. The third kappa shape index (κ3) is 4.02. The van der Waals surface area contributed by atoms with Crippen LogP contribution in [0.5, 0.6) is 0 Å². The van der Waals surface area contributed by atoms with Crippen LogP contribution in [0.4, 0.5) is 0 Å². The predicted octanol–water partition coefficient (Wildman–Crippen LogP) is 2.55. The Morgan fingerprint density at radius 1 is 1.27 bits per heavy atom. The number of rotatable bonds is 5. The summed E-state index contributed by atoms with van der Waals surface area (Å²) in [6, 6.07) is 0. The molecule has 2 heteroatoms. The fourth-order valence-electron chi connectivity index (χ4n) is 0.919. The van der Waals surface area contributed by atoms with Crippen LogP contribution in [-0.4, -0.2) is 5.97 Å². The minimum absolute atomic E-state index is 0.644. The van der Waals surface area contributed by atoms with Crippen LogP contribution in [0.25, 0.3) is 0 Å². The van der Waals surface area contributed by atoms with Gasteiger partial charge in [-0.2, -0.15) is 0 Å². The summed E-state index contributed by atoms with van der Waals surface area (Å²) >= 11 is 0. The maximum absolute atomic E-state index is 10.5. The minimum Gasteiger partial charge on any atom is -0.247 e. The van der Waals surface area contributed by atoms with Crippen molar-refractivity contribution in [1.29, 1.82) is 0 Å². The van der Waals surface area contributed by atoms with E-state index >= 15 is 0 Å². The lowest BCUT2D eigenvalue weighted by Crippen LogP contribution is -2.22. The Labute approximate surface area is 68.6 Å². The van der Waals surface area contributed by atoms with E-state index in [1.807, 2.05) is 0 Å². The summed E-state index contributed by atoms with van der Waals surface area (Å²) < 4.78 is 0. The van der Waals surface area contributed by atoms with Gasteiger partial charge in [-0.25, -0.2) is 9.90 Å². The van der Waals surface area contributed by atoms with Gasteiger partial charge in [-0.15, -0.1) is 0 Å². The summed E-state index contributed by atoms with van der Waals surface area (Å²) in [5.41, 5.74) is -0.644. The molecule has 11 heavy (non-hydrogen) atoms. The molecule has 0 amide bonds. The molecule has 0 aliphatic heterocycles. The van der Waals surface area contributed by atoms with E-state index in [4.69, 9.17) is 0 Å². The molecule has 0 aromatic rings. The highest BCUT2D eigenvalue weighted by Crippen LogP contribution is 2.23. The molecule has 0 fully saturated rings. The lowest BCUT2D eigenvalue weighted by atomic mass is 9.87. The zero-order valence-electron chi connectivity index (χ0n) is 7.64. The van der Waals surface area contributed by atoms with E-state index < -0.39 is 11.4 Å². The topological polar surface area (TPSA) is 37.0 Å². The van der Waals surface area contributed by atoms with Gasteiger partial charge in [0.2, 0.25) is 0 Å². The Hall–Kier alpha value is -0.530.